The van der Waals surface area contributed by atoms with E-state index in [-0.39, 0.29) is 6.54 Å². The summed E-state index contributed by atoms with van der Waals surface area (Å²) in [5.74, 6) is -1.44. The number of hydrogen-bond acceptors (Lipinski definition) is 2. The van der Waals surface area contributed by atoms with Gasteiger partial charge in [-0.2, -0.15) is 0 Å². The van der Waals surface area contributed by atoms with Gasteiger partial charge in [-0.15, -0.1) is 0 Å². The van der Waals surface area contributed by atoms with Gasteiger partial charge in [0.1, 0.15) is 0 Å². The lowest BCUT2D eigenvalue weighted by atomic mass is 10.3. The highest BCUT2D eigenvalue weighted by Gasteiger charge is 2.14. The Morgan fingerprint density at radius 3 is 2.62 bits per heavy atom. The van der Waals surface area contributed by atoms with Gasteiger partial charge < -0.3 is 10.4 Å². The van der Waals surface area contributed by atoms with E-state index < -0.39 is 12.1 Å². The van der Waals surface area contributed by atoms with E-state index in [1.165, 1.54) is 0 Å². The number of hydrogen-bond donors (Lipinski definition) is 2. The molecule has 1 aromatic carbocycles. The highest BCUT2D eigenvalue weighted by atomic mass is 19.1. The van der Waals surface area contributed by atoms with Crippen molar-refractivity contribution in [1.82, 2.24) is 0 Å². The molecule has 0 aliphatic carbocycles. The van der Waals surface area contributed by atoms with Gasteiger partial charge in [-0.05, 0) is 12.1 Å². The fourth-order valence-corrected chi connectivity index (χ4v) is 0.851. The van der Waals surface area contributed by atoms with Crippen LogP contribution in [0.2, 0.25) is 0 Å². The molecule has 0 saturated heterocycles. The van der Waals surface area contributed by atoms with Crippen molar-refractivity contribution in [2.75, 3.05) is 11.9 Å². The zero-order valence-corrected chi connectivity index (χ0v) is 6.90. The largest absolute Gasteiger partial charge is 0.479 e. The maximum absolute atomic E-state index is 12.5. The fourth-order valence-electron chi connectivity index (χ4n) is 0.851. The molecule has 0 heterocycles. The molecule has 1 aromatic rings. The molecule has 2 N–H and O–H groups in total. The molecule has 0 aliphatic rings. The number of carboxylic acid groups (broad SMARTS) is 1. The van der Waals surface area contributed by atoms with Gasteiger partial charge in [-0.3, -0.25) is 0 Å². The predicted molar refractivity (Wildman–Crippen MR) is 47.5 cm³/mol. The molecule has 0 radical (unpaired) electrons. The SMILES string of the molecule is O=C(O)C(F)CNc1ccccc1. The first-order valence-electron chi connectivity index (χ1n) is 3.86. The Bertz CT molecular complexity index is 276. The van der Waals surface area contributed by atoms with Crippen LogP contribution in [-0.2, 0) is 4.79 Å². The lowest BCUT2D eigenvalue weighted by Gasteiger charge is -2.06. The standard InChI is InChI=1S/C9H10FNO2/c10-8(9(12)13)6-11-7-4-2-1-3-5-7/h1-5,8,11H,6H2,(H,12,13). The molecule has 4 heteroatoms. The van der Waals surface area contributed by atoms with Gasteiger partial charge in [0.05, 0.1) is 6.54 Å². The lowest BCUT2D eigenvalue weighted by molar-refractivity contribution is -0.142. The average molecular weight is 183 g/mol. The van der Waals surface area contributed by atoms with Crippen LogP contribution in [-0.4, -0.2) is 23.8 Å². The van der Waals surface area contributed by atoms with Crippen molar-refractivity contribution in [2.24, 2.45) is 0 Å². The van der Waals surface area contributed by atoms with E-state index in [1.807, 2.05) is 6.07 Å². The zero-order valence-electron chi connectivity index (χ0n) is 6.90. The Morgan fingerprint density at radius 2 is 2.08 bits per heavy atom. The van der Waals surface area contributed by atoms with E-state index in [4.69, 9.17) is 5.11 Å². The summed E-state index contributed by atoms with van der Waals surface area (Å²) >= 11 is 0. The van der Waals surface area contributed by atoms with Crippen LogP contribution < -0.4 is 5.32 Å². The Labute approximate surface area is 75.2 Å². The van der Waals surface area contributed by atoms with Crippen LogP contribution in [0.3, 0.4) is 0 Å². The summed E-state index contributed by atoms with van der Waals surface area (Å²) in [5.41, 5.74) is 0.714. The van der Waals surface area contributed by atoms with E-state index in [1.54, 1.807) is 24.3 Å². The molecule has 0 aliphatic heterocycles. The van der Waals surface area contributed by atoms with Gasteiger partial charge in [0.15, 0.2) is 0 Å². The molecule has 0 fully saturated rings. The van der Waals surface area contributed by atoms with Gasteiger partial charge in [0.2, 0.25) is 6.17 Å². The second kappa shape index (κ2) is 4.45. The van der Waals surface area contributed by atoms with Gasteiger partial charge in [-0.25, -0.2) is 9.18 Å². The first-order valence-corrected chi connectivity index (χ1v) is 3.86. The van der Waals surface area contributed by atoms with Crippen LogP contribution in [0.1, 0.15) is 0 Å². The Balaban J connectivity index is 2.39. The molecule has 1 rings (SSSR count). The van der Waals surface area contributed by atoms with Crippen molar-refractivity contribution < 1.29 is 14.3 Å². The summed E-state index contributed by atoms with van der Waals surface area (Å²) < 4.78 is 12.5. The van der Waals surface area contributed by atoms with Crippen molar-refractivity contribution in [3.8, 4) is 0 Å². The van der Waals surface area contributed by atoms with Gasteiger partial charge in [0, 0.05) is 5.69 Å². The van der Waals surface area contributed by atoms with Crippen LogP contribution in [0.15, 0.2) is 30.3 Å². The molecule has 0 bridgehead atoms. The van der Waals surface area contributed by atoms with Crippen molar-refractivity contribution in [2.45, 2.75) is 6.17 Å². The summed E-state index contributed by atoms with van der Waals surface area (Å²) in [6.45, 7) is -0.209. The predicted octanol–water partition coefficient (Wildman–Crippen LogP) is 1.52. The molecule has 0 amide bonds. The minimum Gasteiger partial charge on any atom is -0.479 e. The maximum Gasteiger partial charge on any atom is 0.340 e. The summed E-state index contributed by atoms with van der Waals surface area (Å²) in [6.07, 6.45) is -1.86. The van der Waals surface area contributed by atoms with Crippen LogP contribution in [0.4, 0.5) is 10.1 Å². The second-order valence-corrected chi connectivity index (χ2v) is 2.55. The van der Waals surface area contributed by atoms with E-state index in [9.17, 15) is 9.18 Å². The third kappa shape index (κ3) is 3.11. The maximum atomic E-state index is 12.5. The summed E-state index contributed by atoms with van der Waals surface area (Å²) in [4.78, 5) is 10.1. The summed E-state index contributed by atoms with van der Waals surface area (Å²) in [7, 11) is 0. The van der Waals surface area contributed by atoms with Crippen molar-refractivity contribution in [3.05, 3.63) is 30.3 Å². The highest BCUT2D eigenvalue weighted by molar-refractivity contribution is 5.72. The quantitative estimate of drug-likeness (QED) is 0.744. The van der Waals surface area contributed by atoms with E-state index in [2.05, 4.69) is 5.32 Å². The third-order valence-electron chi connectivity index (χ3n) is 1.53. The number of benzene rings is 1. The molecule has 0 aromatic heterocycles. The van der Waals surface area contributed by atoms with Gasteiger partial charge in [0.25, 0.3) is 0 Å². The molecular formula is C9H10FNO2. The molecule has 3 nitrogen and oxygen atoms in total. The number of aliphatic carboxylic acids is 1. The van der Waals surface area contributed by atoms with Crippen LogP contribution in [0.5, 0.6) is 0 Å². The normalized spacial score (nSPS) is 12.1. The number of carboxylic acids is 1. The van der Waals surface area contributed by atoms with Gasteiger partial charge in [-0.1, -0.05) is 18.2 Å². The Kier molecular flexibility index (Phi) is 3.25. The van der Waals surface area contributed by atoms with E-state index in [0.29, 0.717) is 5.69 Å². The monoisotopic (exact) mass is 183 g/mol. The highest BCUT2D eigenvalue weighted by Crippen LogP contribution is 2.05. The number of para-hydroxylation sites is 1. The minimum atomic E-state index is -1.86. The lowest BCUT2D eigenvalue weighted by Crippen LogP contribution is -2.23. The average Bonchev–Trinajstić information content (AvgIpc) is 2.15. The molecule has 13 heavy (non-hydrogen) atoms. The Hall–Kier alpha value is -1.58. The smallest absolute Gasteiger partial charge is 0.340 e. The van der Waals surface area contributed by atoms with E-state index >= 15 is 0 Å². The summed E-state index contributed by atoms with van der Waals surface area (Å²) in [5, 5.41) is 10.9. The van der Waals surface area contributed by atoms with Crippen LogP contribution in [0.25, 0.3) is 0 Å². The molecular weight excluding hydrogens is 173 g/mol. The number of carbonyl (C=O) groups is 1. The number of anilines is 1. The summed E-state index contributed by atoms with van der Waals surface area (Å²) in [6, 6.07) is 8.89. The molecule has 1 atom stereocenters. The number of halogens is 1. The first-order chi connectivity index (χ1) is 6.20. The molecule has 70 valence electrons. The van der Waals surface area contributed by atoms with Gasteiger partial charge >= 0.3 is 5.97 Å². The van der Waals surface area contributed by atoms with Crippen LogP contribution in [0, 0.1) is 0 Å². The Morgan fingerprint density at radius 1 is 1.46 bits per heavy atom. The zero-order chi connectivity index (χ0) is 9.68. The molecule has 0 saturated carbocycles. The molecule has 1 unspecified atom stereocenters. The number of alkyl halides is 1. The molecule has 0 spiro atoms. The number of nitrogens with one attached hydrogen (secondary N) is 1. The number of rotatable bonds is 4. The van der Waals surface area contributed by atoms with Crippen molar-refractivity contribution in [1.29, 1.82) is 0 Å². The van der Waals surface area contributed by atoms with Crippen molar-refractivity contribution in [3.63, 3.8) is 0 Å². The third-order valence-corrected chi connectivity index (χ3v) is 1.53. The topological polar surface area (TPSA) is 49.3 Å². The van der Waals surface area contributed by atoms with E-state index in [0.717, 1.165) is 0 Å². The fraction of sp³-hybridized carbons (Fsp3) is 0.222. The first kappa shape index (κ1) is 9.51. The second-order valence-electron chi connectivity index (χ2n) is 2.55. The minimum absolute atomic E-state index is 0.209. The van der Waals surface area contributed by atoms with Crippen molar-refractivity contribution >= 4 is 11.7 Å². The van der Waals surface area contributed by atoms with Crippen LogP contribution >= 0.6 is 0 Å².